The van der Waals surface area contributed by atoms with Gasteiger partial charge in [0, 0.05) is 47.5 Å². The van der Waals surface area contributed by atoms with Crippen molar-refractivity contribution < 1.29 is 9.59 Å². The van der Waals surface area contributed by atoms with Crippen molar-refractivity contribution in [2.75, 3.05) is 6.54 Å². The molecule has 1 aromatic carbocycles. The van der Waals surface area contributed by atoms with E-state index in [0.29, 0.717) is 43.6 Å². The number of H-pyrrole nitrogens is 1. The van der Waals surface area contributed by atoms with Crippen LogP contribution in [0.2, 0.25) is 0 Å². The number of aromatic nitrogens is 4. The predicted octanol–water partition coefficient (Wildman–Crippen LogP) is 7.86. The number of rotatable bonds is 10. The molecule has 2 aliphatic carbocycles. The van der Waals surface area contributed by atoms with Crippen LogP contribution in [0.25, 0.3) is 22.5 Å². The van der Waals surface area contributed by atoms with Gasteiger partial charge in [0.25, 0.3) is 5.56 Å². The minimum atomic E-state index is -0.569. The summed E-state index contributed by atoms with van der Waals surface area (Å²) in [6.45, 7) is 14.7. The van der Waals surface area contributed by atoms with Crippen molar-refractivity contribution in [1.82, 2.24) is 24.6 Å². The first-order chi connectivity index (χ1) is 25.0. The van der Waals surface area contributed by atoms with E-state index < -0.39 is 11.2 Å². The van der Waals surface area contributed by atoms with Crippen LogP contribution in [0.15, 0.2) is 88.6 Å². The number of hydrogen-bond donors (Lipinski definition) is 2. The Hall–Kier alpha value is -5.05. The number of Topliss-reactive ketones (excluding diaryl/α,β-unsaturated/α-hetero) is 2. The molecule has 0 bridgehead atoms. The second-order valence-corrected chi connectivity index (χ2v) is 14.9. The molecular formula is C43H51N5O4. The van der Waals surface area contributed by atoms with Crippen molar-refractivity contribution in [3.05, 3.63) is 122 Å². The SMILES string of the molecule is C=C1c2c(C3=CC=C(c4ccccc4)CCCC=C3)cnn2C(NCC)=C(C(=O)C(C)C)C1C1CCC(C(=O)c2cc(=O)n(C(C)C)c(=O)[nH]2)CC1. The third-order valence-corrected chi connectivity index (χ3v) is 10.8. The second kappa shape index (κ2) is 15.7. The molecule has 1 atom stereocenters. The number of allylic oxidation sites excluding steroid dienone is 8. The maximum atomic E-state index is 14.2. The Balaban J connectivity index is 1.37. The van der Waals surface area contributed by atoms with E-state index in [-0.39, 0.29) is 47.0 Å². The van der Waals surface area contributed by atoms with Crippen molar-refractivity contribution in [1.29, 1.82) is 0 Å². The highest BCUT2D eigenvalue weighted by Crippen LogP contribution is 2.49. The number of carbonyl (C=O) groups excluding carboxylic acids is 2. The Bertz CT molecular complexity index is 2060. The van der Waals surface area contributed by atoms with Crippen LogP contribution < -0.4 is 16.6 Å². The summed E-state index contributed by atoms with van der Waals surface area (Å²) >= 11 is 0. The lowest BCUT2D eigenvalue weighted by Crippen LogP contribution is -2.39. The van der Waals surface area contributed by atoms with Crippen molar-refractivity contribution in [2.45, 2.75) is 85.6 Å². The summed E-state index contributed by atoms with van der Waals surface area (Å²) in [7, 11) is 0. The van der Waals surface area contributed by atoms with E-state index in [4.69, 9.17) is 11.7 Å². The summed E-state index contributed by atoms with van der Waals surface area (Å²) in [5.74, 6) is -0.232. The van der Waals surface area contributed by atoms with Crippen LogP contribution in [0.5, 0.6) is 0 Å². The number of nitrogens with zero attached hydrogens (tertiary/aromatic N) is 3. The largest absolute Gasteiger partial charge is 0.370 e. The first kappa shape index (κ1) is 36.7. The molecular weight excluding hydrogens is 651 g/mol. The molecule has 52 heavy (non-hydrogen) atoms. The summed E-state index contributed by atoms with van der Waals surface area (Å²) in [6.07, 6.45) is 16.2. The predicted molar refractivity (Wildman–Crippen MR) is 208 cm³/mol. The first-order valence-corrected chi connectivity index (χ1v) is 18.8. The van der Waals surface area contributed by atoms with Gasteiger partial charge in [0.05, 0.1) is 17.6 Å². The highest BCUT2D eigenvalue weighted by Gasteiger charge is 2.43. The van der Waals surface area contributed by atoms with E-state index in [1.807, 2.05) is 37.7 Å². The van der Waals surface area contributed by atoms with E-state index in [0.717, 1.165) is 46.2 Å². The van der Waals surface area contributed by atoms with Gasteiger partial charge in [-0.25, -0.2) is 9.48 Å². The molecule has 2 aromatic heterocycles. The van der Waals surface area contributed by atoms with Crippen molar-refractivity contribution in [3.8, 4) is 0 Å². The molecule has 0 amide bonds. The molecule has 3 heterocycles. The molecule has 0 saturated heterocycles. The fourth-order valence-electron chi connectivity index (χ4n) is 8.14. The van der Waals surface area contributed by atoms with E-state index in [2.05, 4.69) is 58.9 Å². The van der Waals surface area contributed by atoms with Crippen LogP contribution in [-0.4, -0.2) is 37.4 Å². The number of fused-ring (bicyclic) bond motifs is 1. The summed E-state index contributed by atoms with van der Waals surface area (Å²) in [6, 6.07) is 11.4. The lowest BCUT2D eigenvalue weighted by atomic mass is 9.67. The van der Waals surface area contributed by atoms with Gasteiger partial charge in [-0.3, -0.25) is 19.0 Å². The smallest absolute Gasteiger partial charge is 0.329 e. The van der Waals surface area contributed by atoms with Gasteiger partial charge in [0.1, 0.15) is 5.82 Å². The van der Waals surface area contributed by atoms with Crippen molar-refractivity contribution in [2.24, 2.45) is 23.7 Å². The third kappa shape index (κ3) is 7.18. The van der Waals surface area contributed by atoms with E-state index in [1.165, 1.54) is 17.2 Å². The molecule has 9 heteroatoms. The van der Waals surface area contributed by atoms with Gasteiger partial charge in [-0.1, -0.05) is 75.1 Å². The van der Waals surface area contributed by atoms with Gasteiger partial charge in [-0.05, 0) is 93.9 Å². The summed E-state index contributed by atoms with van der Waals surface area (Å²) in [5, 5.41) is 8.41. The van der Waals surface area contributed by atoms with Crippen LogP contribution in [0.1, 0.15) is 113 Å². The molecule has 0 spiro atoms. The van der Waals surface area contributed by atoms with E-state index >= 15 is 0 Å². The average molecular weight is 702 g/mol. The Morgan fingerprint density at radius 1 is 1.04 bits per heavy atom. The Morgan fingerprint density at radius 3 is 2.42 bits per heavy atom. The fourth-order valence-corrected chi connectivity index (χ4v) is 8.14. The molecule has 1 aliphatic heterocycles. The molecule has 1 saturated carbocycles. The zero-order valence-corrected chi connectivity index (χ0v) is 31.1. The van der Waals surface area contributed by atoms with Crippen LogP contribution in [-0.2, 0) is 4.79 Å². The molecule has 1 unspecified atom stereocenters. The third-order valence-electron chi connectivity index (χ3n) is 10.8. The van der Waals surface area contributed by atoms with Gasteiger partial charge in [-0.15, -0.1) is 0 Å². The maximum Gasteiger partial charge on any atom is 0.329 e. The van der Waals surface area contributed by atoms with Gasteiger partial charge < -0.3 is 10.3 Å². The minimum absolute atomic E-state index is 0.0574. The number of benzene rings is 1. The standard InChI is InChI=1S/C43H51N5O4/c1-7-44-42-38(40(50)26(2)3)37(32-20-22-33(23-21-32)41(51)35-24-36(49)47(27(4)5)43(52)46-35)28(6)39-34(25-45-48(39)42)31-17-13-9-12-16-30(18-19-31)29-14-10-8-11-15-29/h8,10-11,13-15,17-19,24-27,32-33,37,44H,6-7,9,12,16,20-23H2,1-5H3,(H,46,52). The normalized spacial score (nSPS) is 20.9. The summed E-state index contributed by atoms with van der Waals surface area (Å²) < 4.78 is 2.99. The molecule has 6 rings (SSSR count). The zero-order valence-electron chi connectivity index (χ0n) is 31.1. The molecule has 3 aromatic rings. The number of ketones is 2. The van der Waals surface area contributed by atoms with Gasteiger partial charge in [0.15, 0.2) is 11.6 Å². The molecule has 0 radical (unpaired) electrons. The fraction of sp³-hybridized carbons (Fsp3) is 0.419. The second-order valence-electron chi connectivity index (χ2n) is 14.9. The van der Waals surface area contributed by atoms with Crippen LogP contribution in [0, 0.1) is 23.7 Å². The van der Waals surface area contributed by atoms with Crippen molar-refractivity contribution in [3.63, 3.8) is 0 Å². The van der Waals surface area contributed by atoms with Crippen LogP contribution in [0.4, 0.5) is 0 Å². The molecule has 272 valence electrons. The zero-order chi connectivity index (χ0) is 37.1. The first-order valence-electron chi connectivity index (χ1n) is 18.8. The Labute approximate surface area is 305 Å². The number of aromatic amines is 1. The molecule has 1 fully saturated rings. The van der Waals surface area contributed by atoms with Crippen molar-refractivity contribution >= 4 is 34.1 Å². The molecule has 2 N–H and O–H groups in total. The van der Waals surface area contributed by atoms with Crippen LogP contribution in [0.3, 0.4) is 0 Å². The summed E-state index contributed by atoms with van der Waals surface area (Å²) in [4.78, 5) is 55.8. The average Bonchev–Trinajstić information content (AvgIpc) is 3.61. The van der Waals surface area contributed by atoms with Crippen LogP contribution >= 0.6 is 0 Å². The topological polar surface area (TPSA) is 119 Å². The quantitative estimate of drug-likeness (QED) is 0.208. The molecule has 3 aliphatic rings. The minimum Gasteiger partial charge on any atom is -0.370 e. The number of hydrogen-bond acceptors (Lipinski definition) is 6. The van der Waals surface area contributed by atoms with E-state index in [9.17, 15) is 19.2 Å². The Morgan fingerprint density at radius 2 is 1.77 bits per heavy atom. The lowest BCUT2D eigenvalue weighted by Gasteiger charge is -2.39. The maximum absolute atomic E-state index is 14.2. The monoisotopic (exact) mass is 701 g/mol. The highest BCUT2D eigenvalue weighted by molar-refractivity contribution is 6.06. The van der Waals surface area contributed by atoms with E-state index in [1.54, 1.807) is 13.8 Å². The summed E-state index contributed by atoms with van der Waals surface area (Å²) in [5.41, 5.74) is 5.98. The molecule has 9 nitrogen and oxygen atoms in total. The van der Waals surface area contributed by atoms with Gasteiger partial charge in [-0.2, -0.15) is 5.10 Å². The van der Waals surface area contributed by atoms with Gasteiger partial charge in [0.2, 0.25) is 0 Å². The lowest BCUT2D eigenvalue weighted by molar-refractivity contribution is -0.118. The number of carbonyl (C=O) groups is 2. The van der Waals surface area contributed by atoms with Gasteiger partial charge >= 0.3 is 5.69 Å². The Kier molecular flexibility index (Phi) is 11.1. The highest BCUT2D eigenvalue weighted by atomic mass is 16.2. The number of nitrogens with one attached hydrogen (secondary N) is 2.